The monoisotopic (exact) mass is 162 g/mol. The van der Waals surface area contributed by atoms with Crippen LogP contribution in [0.4, 0.5) is 0 Å². The van der Waals surface area contributed by atoms with Crippen LogP contribution in [0, 0.1) is 5.41 Å². The predicted octanol–water partition coefficient (Wildman–Crippen LogP) is 3.84. The third-order valence-electron chi connectivity index (χ3n) is 3.18. The van der Waals surface area contributed by atoms with Gasteiger partial charge in [-0.25, -0.2) is 0 Å². The van der Waals surface area contributed by atoms with Crippen molar-refractivity contribution in [2.45, 2.75) is 44.9 Å². The van der Waals surface area contributed by atoms with E-state index in [-0.39, 0.29) is 0 Å². The molecule has 0 N–H and O–H groups in total. The third kappa shape index (κ3) is 2.00. The minimum absolute atomic E-state index is 0.748. The average molecular weight is 162 g/mol. The summed E-state index contributed by atoms with van der Waals surface area (Å²) in [6, 6.07) is 0. The first-order valence-corrected chi connectivity index (χ1v) is 5.21. The van der Waals surface area contributed by atoms with Crippen molar-refractivity contribution in [2.75, 3.05) is 0 Å². The lowest BCUT2D eigenvalue weighted by Crippen LogP contribution is -1.97. The van der Waals surface area contributed by atoms with Crippen LogP contribution in [0.1, 0.15) is 44.9 Å². The first-order chi connectivity index (χ1) is 5.91. The van der Waals surface area contributed by atoms with Crippen LogP contribution in [-0.2, 0) is 0 Å². The number of allylic oxidation sites excluding steroid dienone is 4. The van der Waals surface area contributed by atoms with Gasteiger partial charge in [-0.05, 0) is 50.4 Å². The molecule has 0 heterocycles. The standard InChI is InChI=1S/C12H18/c1-2-4-6-8-12(10-11-12)9-7-5-3-1/h2,4-5,7H,1,3,6,8-11H2/b4-2-,7-5-. The van der Waals surface area contributed by atoms with E-state index in [4.69, 9.17) is 0 Å². The SMILES string of the molecule is C1=C\CCC2(C/C=C\CC/1)CC2. The van der Waals surface area contributed by atoms with Gasteiger partial charge in [0, 0.05) is 0 Å². The second-order valence-electron chi connectivity index (χ2n) is 4.26. The topological polar surface area (TPSA) is 0 Å². The summed E-state index contributed by atoms with van der Waals surface area (Å²) in [5, 5.41) is 0. The van der Waals surface area contributed by atoms with Gasteiger partial charge < -0.3 is 0 Å². The Balaban J connectivity index is 1.93. The van der Waals surface area contributed by atoms with Gasteiger partial charge in [-0.2, -0.15) is 0 Å². The molecule has 12 heavy (non-hydrogen) atoms. The van der Waals surface area contributed by atoms with Crippen molar-refractivity contribution in [1.29, 1.82) is 0 Å². The van der Waals surface area contributed by atoms with Crippen LogP contribution in [0.2, 0.25) is 0 Å². The highest BCUT2D eigenvalue weighted by molar-refractivity contribution is 5.02. The highest BCUT2D eigenvalue weighted by Crippen LogP contribution is 2.53. The van der Waals surface area contributed by atoms with Crippen molar-refractivity contribution in [1.82, 2.24) is 0 Å². The largest absolute Gasteiger partial charge is 0.0885 e. The van der Waals surface area contributed by atoms with Crippen LogP contribution in [-0.4, -0.2) is 0 Å². The molecule has 2 aliphatic carbocycles. The molecular formula is C12H18. The maximum atomic E-state index is 2.41. The van der Waals surface area contributed by atoms with Gasteiger partial charge >= 0.3 is 0 Å². The lowest BCUT2D eigenvalue weighted by atomic mass is 9.95. The lowest BCUT2D eigenvalue weighted by Gasteiger charge is -2.11. The van der Waals surface area contributed by atoms with E-state index in [1.165, 1.54) is 44.9 Å². The molecule has 0 radical (unpaired) electrons. The van der Waals surface area contributed by atoms with E-state index < -0.39 is 0 Å². The predicted molar refractivity (Wildman–Crippen MR) is 53.0 cm³/mol. The Bertz CT molecular complexity index is 194. The van der Waals surface area contributed by atoms with Crippen LogP contribution in [0.15, 0.2) is 24.3 Å². The first-order valence-electron chi connectivity index (χ1n) is 5.21. The van der Waals surface area contributed by atoms with Crippen molar-refractivity contribution in [3.05, 3.63) is 24.3 Å². The summed E-state index contributed by atoms with van der Waals surface area (Å²) in [4.78, 5) is 0. The second kappa shape index (κ2) is 3.47. The fourth-order valence-corrected chi connectivity index (χ4v) is 2.00. The van der Waals surface area contributed by atoms with Crippen LogP contribution < -0.4 is 0 Å². The quantitative estimate of drug-likeness (QED) is 0.475. The third-order valence-corrected chi connectivity index (χ3v) is 3.18. The van der Waals surface area contributed by atoms with E-state index in [1.807, 2.05) is 0 Å². The summed E-state index contributed by atoms with van der Waals surface area (Å²) >= 11 is 0. The Kier molecular flexibility index (Phi) is 2.34. The molecule has 1 fully saturated rings. The van der Waals surface area contributed by atoms with Gasteiger partial charge in [0.05, 0.1) is 0 Å². The maximum absolute atomic E-state index is 2.41. The van der Waals surface area contributed by atoms with Gasteiger partial charge in [-0.1, -0.05) is 24.3 Å². The zero-order chi connectivity index (χ0) is 8.28. The summed E-state index contributed by atoms with van der Waals surface area (Å²) in [6.45, 7) is 0. The molecule has 0 atom stereocenters. The van der Waals surface area contributed by atoms with Crippen molar-refractivity contribution in [3.63, 3.8) is 0 Å². The van der Waals surface area contributed by atoms with Crippen molar-refractivity contribution >= 4 is 0 Å². The molecule has 0 aliphatic heterocycles. The molecular weight excluding hydrogens is 144 g/mol. The fourth-order valence-electron chi connectivity index (χ4n) is 2.00. The van der Waals surface area contributed by atoms with E-state index >= 15 is 0 Å². The second-order valence-corrected chi connectivity index (χ2v) is 4.26. The number of hydrogen-bond acceptors (Lipinski definition) is 0. The number of rotatable bonds is 0. The Morgan fingerprint density at radius 1 is 0.667 bits per heavy atom. The molecule has 0 aromatic heterocycles. The molecule has 2 rings (SSSR count). The van der Waals surface area contributed by atoms with Gasteiger partial charge in [-0.15, -0.1) is 0 Å². The molecule has 66 valence electrons. The molecule has 0 heteroatoms. The molecule has 0 aromatic carbocycles. The zero-order valence-electron chi connectivity index (χ0n) is 7.76. The zero-order valence-corrected chi connectivity index (χ0v) is 7.76. The lowest BCUT2D eigenvalue weighted by molar-refractivity contribution is 0.476. The van der Waals surface area contributed by atoms with Crippen LogP contribution in [0.25, 0.3) is 0 Å². The molecule has 0 saturated heterocycles. The summed E-state index contributed by atoms with van der Waals surface area (Å²) in [5.41, 5.74) is 0.748. The fraction of sp³-hybridized carbons (Fsp3) is 0.667. The van der Waals surface area contributed by atoms with Crippen molar-refractivity contribution < 1.29 is 0 Å². The van der Waals surface area contributed by atoms with Gasteiger partial charge in [0.15, 0.2) is 0 Å². The Hall–Kier alpha value is -0.520. The van der Waals surface area contributed by atoms with Gasteiger partial charge in [-0.3, -0.25) is 0 Å². The Labute approximate surface area is 75.4 Å². The molecule has 1 spiro atoms. The van der Waals surface area contributed by atoms with Gasteiger partial charge in [0.1, 0.15) is 0 Å². The summed E-state index contributed by atoms with van der Waals surface area (Å²) in [7, 11) is 0. The first kappa shape index (κ1) is 8.10. The molecule has 0 nitrogen and oxygen atoms in total. The Morgan fingerprint density at radius 3 is 2.08 bits per heavy atom. The van der Waals surface area contributed by atoms with Crippen LogP contribution in [0.3, 0.4) is 0 Å². The Morgan fingerprint density at radius 2 is 1.33 bits per heavy atom. The highest BCUT2D eigenvalue weighted by Gasteiger charge is 2.40. The van der Waals surface area contributed by atoms with Gasteiger partial charge in [0.2, 0.25) is 0 Å². The van der Waals surface area contributed by atoms with Crippen LogP contribution >= 0.6 is 0 Å². The maximum Gasteiger partial charge on any atom is -0.0260 e. The van der Waals surface area contributed by atoms with Crippen LogP contribution in [0.5, 0.6) is 0 Å². The summed E-state index contributed by atoms with van der Waals surface area (Å²) in [5.74, 6) is 0. The van der Waals surface area contributed by atoms with Gasteiger partial charge in [0.25, 0.3) is 0 Å². The number of hydrogen-bond donors (Lipinski definition) is 0. The minimum Gasteiger partial charge on any atom is -0.0885 e. The van der Waals surface area contributed by atoms with E-state index in [1.54, 1.807) is 0 Å². The van der Waals surface area contributed by atoms with Crippen molar-refractivity contribution in [2.24, 2.45) is 5.41 Å². The highest BCUT2D eigenvalue weighted by atomic mass is 14.4. The molecule has 0 aromatic rings. The molecule has 0 bridgehead atoms. The van der Waals surface area contributed by atoms with E-state index in [0.29, 0.717) is 0 Å². The molecule has 1 saturated carbocycles. The van der Waals surface area contributed by atoms with E-state index in [9.17, 15) is 0 Å². The molecule has 2 aliphatic rings. The summed E-state index contributed by atoms with van der Waals surface area (Å²) < 4.78 is 0. The summed E-state index contributed by atoms with van der Waals surface area (Å²) in [6.07, 6.45) is 19.0. The van der Waals surface area contributed by atoms with E-state index in [0.717, 1.165) is 5.41 Å². The van der Waals surface area contributed by atoms with Crippen molar-refractivity contribution in [3.8, 4) is 0 Å². The minimum atomic E-state index is 0.748. The molecule has 0 amide bonds. The molecule has 0 unspecified atom stereocenters. The smallest absolute Gasteiger partial charge is 0.0260 e. The normalized spacial score (nSPS) is 32.7. The van der Waals surface area contributed by atoms with E-state index in [2.05, 4.69) is 24.3 Å². The average Bonchev–Trinajstić information content (AvgIpc) is 2.84.